The molecule has 29 heavy (non-hydrogen) atoms. The Labute approximate surface area is 179 Å². The van der Waals surface area contributed by atoms with Gasteiger partial charge in [-0.25, -0.2) is 4.79 Å². The summed E-state index contributed by atoms with van der Waals surface area (Å²) in [6.45, 7) is 6.30. The van der Waals surface area contributed by atoms with Crippen LogP contribution in [-0.4, -0.2) is 76.6 Å². The number of carboxylic acid groups (broad SMARTS) is 1. The molecule has 3 rings (SSSR count). The van der Waals surface area contributed by atoms with E-state index in [9.17, 15) is 9.59 Å². The normalized spacial score (nSPS) is 20.3. The maximum absolute atomic E-state index is 12.8. The molecule has 1 amide bonds. The lowest BCUT2D eigenvalue weighted by Crippen LogP contribution is -2.38. The van der Waals surface area contributed by atoms with Crippen molar-refractivity contribution in [1.29, 1.82) is 0 Å². The van der Waals surface area contributed by atoms with Crippen molar-refractivity contribution in [3.8, 4) is 5.75 Å². The molecule has 1 aromatic carbocycles. The molecular formula is C20H24N2O5S2. The number of morpholine rings is 1. The standard InChI is InChI=1S/C20H24N2O5S2/c1-14(19(24)25)27-16-6-3-2-5-15(16)13-17-18(23)22(20(28)29-17)8-4-7-21-9-11-26-12-10-21/h2-3,5-6,13-14H,4,7-12H2,1H3,(H,24,25)/b17-13+. The minimum atomic E-state index is -1.05. The number of hydrogen-bond donors (Lipinski definition) is 1. The summed E-state index contributed by atoms with van der Waals surface area (Å²) in [7, 11) is 0. The maximum Gasteiger partial charge on any atom is 0.344 e. The van der Waals surface area contributed by atoms with Gasteiger partial charge in [0.05, 0.1) is 18.1 Å². The zero-order valence-corrected chi connectivity index (χ0v) is 17.8. The molecule has 156 valence electrons. The summed E-state index contributed by atoms with van der Waals surface area (Å²) in [5.74, 6) is -0.755. The van der Waals surface area contributed by atoms with Crippen LogP contribution in [0.3, 0.4) is 0 Å². The molecule has 2 aliphatic heterocycles. The lowest BCUT2D eigenvalue weighted by molar-refractivity contribution is -0.144. The Morgan fingerprint density at radius 3 is 2.79 bits per heavy atom. The van der Waals surface area contributed by atoms with Gasteiger partial charge < -0.3 is 14.6 Å². The fraction of sp³-hybridized carbons (Fsp3) is 0.450. The van der Waals surface area contributed by atoms with E-state index in [2.05, 4.69) is 4.90 Å². The van der Waals surface area contributed by atoms with Gasteiger partial charge >= 0.3 is 5.97 Å². The highest BCUT2D eigenvalue weighted by Crippen LogP contribution is 2.34. The van der Waals surface area contributed by atoms with Crippen LogP contribution >= 0.6 is 24.0 Å². The second kappa shape index (κ2) is 10.2. The van der Waals surface area contributed by atoms with E-state index in [1.165, 1.54) is 18.7 Å². The van der Waals surface area contributed by atoms with Crippen LogP contribution in [0.5, 0.6) is 5.75 Å². The summed E-state index contributed by atoms with van der Waals surface area (Å²) in [5, 5.41) is 9.07. The minimum Gasteiger partial charge on any atom is -0.479 e. The molecule has 1 aromatic rings. The van der Waals surface area contributed by atoms with E-state index < -0.39 is 12.1 Å². The van der Waals surface area contributed by atoms with E-state index in [1.807, 2.05) is 6.07 Å². The van der Waals surface area contributed by atoms with Crippen molar-refractivity contribution in [2.24, 2.45) is 0 Å². The number of thiocarbonyl (C=S) groups is 1. The van der Waals surface area contributed by atoms with Crippen LogP contribution in [0.25, 0.3) is 6.08 Å². The SMILES string of the molecule is CC(Oc1ccccc1/C=C1/SC(=S)N(CCCN2CCOCC2)C1=O)C(=O)O. The van der Waals surface area contributed by atoms with Gasteiger partial charge in [-0.1, -0.05) is 42.2 Å². The van der Waals surface area contributed by atoms with Crippen molar-refractivity contribution in [2.45, 2.75) is 19.4 Å². The van der Waals surface area contributed by atoms with E-state index in [4.69, 9.17) is 26.8 Å². The molecule has 1 unspecified atom stereocenters. The second-order valence-corrected chi connectivity index (χ2v) is 8.45. The topological polar surface area (TPSA) is 79.3 Å². The number of benzene rings is 1. The fourth-order valence-corrected chi connectivity index (χ4v) is 4.36. The minimum absolute atomic E-state index is 0.122. The van der Waals surface area contributed by atoms with Crippen LogP contribution in [-0.2, 0) is 14.3 Å². The maximum atomic E-state index is 12.8. The molecule has 2 saturated heterocycles. The van der Waals surface area contributed by atoms with E-state index in [0.717, 1.165) is 39.3 Å². The lowest BCUT2D eigenvalue weighted by atomic mass is 10.1. The van der Waals surface area contributed by atoms with E-state index in [0.29, 0.717) is 27.1 Å². The van der Waals surface area contributed by atoms with Crippen LogP contribution in [0, 0.1) is 0 Å². The van der Waals surface area contributed by atoms with E-state index in [-0.39, 0.29) is 5.91 Å². The van der Waals surface area contributed by atoms with Gasteiger partial charge in [-0.2, -0.15) is 0 Å². The average Bonchev–Trinajstić information content (AvgIpc) is 2.97. The van der Waals surface area contributed by atoms with Crippen molar-refractivity contribution in [3.05, 3.63) is 34.7 Å². The molecule has 9 heteroatoms. The molecule has 0 aromatic heterocycles. The monoisotopic (exact) mass is 436 g/mol. The summed E-state index contributed by atoms with van der Waals surface area (Å²) >= 11 is 6.66. The number of carbonyl (C=O) groups is 2. The van der Waals surface area contributed by atoms with Crippen molar-refractivity contribution >= 4 is 46.3 Å². The van der Waals surface area contributed by atoms with Crippen molar-refractivity contribution < 1.29 is 24.2 Å². The molecule has 2 aliphatic rings. The van der Waals surface area contributed by atoms with Crippen molar-refractivity contribution in [3.63, 3.8) is 0 Å². The molecule has 0 bridgehead atoms. The molecule has 2 fully saturated rings. The van der Waals surface area contributed by atoms with Gasteiger partial charge in [-0.05, 0) is 25.5 Å². The number of carbonyl (C=O) groups excluding carboxylic acids is 1. The lowest BCUT2D eigenvalue weighted by Gasteiger charge is -2.27. The third-order valence-corrected chi connectivity index (χ3v) is 6.07. The number of thioether (sulfide) groups is 1. The highest BCUT2D eigenvalue weighted by Gasteiger charge is 2.32. The third kappa shape index (κ3) is 5.79. The van der Waals surface area contributed by atoms with Gasteiger partial charge in [-0.3, -0.25) is 14.6 Å². The summed E-state index contributed by atoms with van der Waals surface area (Å²) in [4.78, 5) is 28.4. The first kappa shape index (κ1) is 21.8. The Morgan fingerprint density at radius 1 is 1.34 bits per heavy atom. The predicted molar refractivity (Wildman–Crippen MR) is 116 cm³/mol. The number of amides is 1. The average molecular weight is 437 g/mol. The highest BCUT2D eigenvalue weighted by atomic mass is 32.2. The Kier molecular flexibility index (Phi) is 7.65. The van der Waals surface area contributed by atoms with Crippen molar-refractivity contribution in [2.75, 3.05) is 39.4 Å². The van der Waals surface area contributed by atoms with E-state index >= 15 is 0 Å². The Hall–Kier alpha value is -1.94. The zero-order valence-electron chi connectivity index (χ0n) is 16.2. The largest absolute Gasteiger partial charge is 0.479 e. The number of ether oxygens (including phenoxy) is 2. The van der Waals surface area contributed by atoms with Gasteiger partial charge in [0.1, 0.15) is 10.1 Å². The number of carboxylic acids is 1. The molecular weight excluding hydrogens is 412 g/mol. The fourth-order valence-electron chi connectivity index (χ4n) is 3.06. The molecule has 0 aliphatic carbocycles. The molecule has 0 saturated carbocycles. The van der Waals surface area contributed by atoms with Crippen molar-refractivity contribution in [1.82, 2.24) is 9.80 Å². The van der Waals surface area contributed by atoms with Gasteiger partial charge in [0, 0.05) is 31.7 Å². The van der Waals surface area contributed by atoms with Gasteiger partial charge in [0.15, 0.2) is 6.10 Å². The Balaban J connectivity index is 1.64. The second-order valence-electron chi connectivity index (χ2n) is 6.78. The smallest absolute Gasteiger partial charge is 0.344 e. The van der Waals surface area contributed by atoms with Gasteiger partial charge in [0.2, 0.25) is 0 Å². The summed E-state index contributed by atoms with van der Waals surface area (Å²) in [5.41, 5.74) is 0.648. The molecule has 0 spiro atoms. The van der Waals surface area contributed by atoms with Gasteiger partial charge in [0.25, 0.3) is 5.91 Å². The number of nitrogens with zero attached hydrogens (tertiary/aromatic N) is 2. The number of rotatable bonds is 8. The van der Waals surface area contributed by atoms with E-state index in [1.54, 1.807) is 29.2 Å². The number of hydrogen-bond acceptors (Lipinski definition) is 7. The summed E-state index contributed by atoms with van der Waals surface area (Å²) < 4.78 is 11.4. The third-order valence-electron chi connectivity index (χ3n) is 4.69. The van der Waals surface area contributed by atoms with Crippen LogP contribution in [0.1, 0.15) is 18.9 Å². The quantitative estimate of drug-likeness (QED) is 0.492. The summed E-state index contributed by atoms with van der Waals surface area (Å²) in [6, 6.07) is 7.05. The summed E-state index contributed by atoms with van der Waals surface area (Å²) in [6.07, 6.45) is 1.57. The molecule has 1 N–H and O–H groups in total. The number of aliphatic carboxylic acids is 1. The first-order valence-electron chi connectivity index (χ1n) is 9.49. The molecule has 7 nitrogen and oxygen atoms in total. The van der Waals surface area contributed by atoms with Crippen LogP contribution in [0.15, 0.2) is 29.2 Å². The van der Waals surface area contributed by atoms with Crippen LogP contribution in [0.2, 0.25) is 0 Å². The van der Waals surface area contributed by atoms with Crippen LogP contribution in [0.4, 0.5) is 0 Å². The van der Waals surface area contributed by atoms with Gasteiger partial charge in [-0.15, -0.1) is 0 Å². The first-order chi connectivity index (χ1) is 14.0. The molecule has 1 atom stereocenters. The number of para-hydroxylation sites is 1. The predicted octanol–water partition coefficient (Wildman–Crippen LogP) is 2.46. The Morgan fingerprint density at radius 2 is 2.07 bits per heavy atom. The molecule has 0 radical (unpaired) electrons. The van der Waals surface area contributed by atoms with Crippen LogP contribution < -0.4 is 4.74 Å². The highest BCUT2D eigenvalue weighted by molar-refractivity contribution is 8.26. The Bertz CT molecular complexity index is 808. The molecule has 2 heterocycles. The first-order valence-corrected chi connectivity index (χ1v) is 10.7. The zero-order chi connectivity index (χ0) is 20.8.